The number of nitrogens with zero attached hydrogens (tertiary/aromatic N) is 4. The van der Waals surface area contributed by atoms with Gasteiger partial charge in [0.15, 0.2) is 6.23 Å². The number of phosphoric acid groups is 1. The number of hydrogen-bond acceptors (Lipinski definition) is 14. The third kappa shape index (κ3) is 8.22. The fourth-order valence-electron chi connectivity index (χ4n) is 2.93. The van der Waals surface area contributed by atoms with E-state index in [1.54, 1.807) is 41.5 Å². The average Bonchev–Trinajstić information content (AvgIpc) is 3.07. The number of hydrogen-bond donors (Lipinski definition) is 3. The van der Waals surface area contributed by atoms with Crippen LogP contribution in [0.1, 0.15) is 47.8 Å². The van der Waals surface area contributed by atoms with Crippen LogP contribution in [-0.4, -0.2) is 69.8 Å². The Morgan fingerprint density at radius 1 is 1.10 bits per heavy atom. The lowest BCUT2D eigenvalue weighted by molar-refractivity contribution is -0.165. The first-order valence-corrected chi connectivity index (χ1v) is 13.1. The van der Waals surface area contributed by atoms with E-state index in [0.29, 0.717) is 4.57 Å². The van der Waals surface area contributed by atoms with Crippen LogP contribution in [0.3, 0.4) is 0 Å². The first-order valence-electron chi connectivity index (χ1n) is 11.6. The lowest BCUT2D eigenvalue weighted by Crippen LogP contribution is -2.45. The molecule has 40 heavy (non-hydrogen) atoms. The molecule has 0 spiro atoms. The molecule has 1 aliphatic rings. The Kier molecular flexibility index (Phi) is 10.4. The van der Waals surface area contributed by atoms with E-state index >= 15 is 0 Å². The highest BCUT2D eigenvalue weighted by Crippen LogP contribution is 2.51. The molecular formula is C21H32N5O13P. The molecule has 19 heteroatoms. The molecular weight excluding hydrogens is 561 g/mol. The van der Waals surface area contributed by atoms with Gasteiger partial charge in [-0.2, -0.15) is 0 Å². The highest BCUT2D eigenvalue weighted by molar-refractivity contribution is 7.48. The largest absolute Gasteiger partial charge is 0.480 e. The zero-order valence-electron chi connectivity index (χ0n) is 22.6. The number of H-pyrrole nitrogens is 1. The van der Waals surface area contributed by atoms with Crippen molar-refractivity contribution in [2.75, 3.05) is 20.2 Å². The van der Waals surface area contributed by atoms with Gasteiger partial charge in [0, 0.05) is 17.2 Å². The monoisotopic (exact) mass is 593 g/mol. The van der Waals surface area contributed by atoms with Crippen molar-refractivity contribution in [3.8, 4) is 0 Å². The number of rotatable bonds is 11. The standard InChI is InChI=1S/C21H32N5O13P/c1-19(2,3)16(30)34-10-37-40(33,38-11-35-17(31)20(4,5)6)36-9-21(24-25-22)14(29)13(28)15(39-21)26-8-7-12(27)23-18(26)32/h7-8,13-15,28-29H,9-11H2,1-6H3,(H,23,27,32)/t13-,14+,15-,21-/m1/s1. The van der Waals surface area contributed by atoms with Crippen molar-refractivity contribution in [3.05, 3.63) is 43.5 Å². The van der Waals surface area contributed by atoms with Gasteiger partial charge in [0.05, 0.1) is 17.4 Å². The minimum Gasteiger partial charge on any atom is -0.437 e. The molecule has 0 bridgehead atoms. The Labute approximate surface area is 227 Å². The van der Waals surface area contributed by atoms with Gasteiger partial charge in [-0.05, 0) is 47.1 Å². The maximum atomic E-state index is 13.3. The van der Waals surface area contributed by atoms with E-state index in [9.17, 15) is 34.0 Å². The summed E-state index contributed by atoms with van der Waals surface area (Å²) in [5, 5.41) is 24.5. The highest BCUT2D eigenvalue weighted by atomic mass is 31.2. The first kappa shape index (κ1) is 33.1. The molecule has 1 aromatic rings. The van der Waals surface area contributed by atoms with E-state index in [1.165, 1.54) is 0 Å². The van der Waals surface area contributed by atoms with Crippen molar-refractivity contribution in [1.82, 2.24) is 9.55 Å². The molecule has 0 aromatic carbocycles. The summed E-state index contributed by atoms with van der Waals surface area (Å²) in [5.74, 6) is -1.48. The number of aromatic nitrogens is 2. The quantitative estimate of drug-likeness (QED) is 0.0811. The van der Waals surface area contributed by atoms with E-state index in [4.69, 9.17) is 33.3 Å². The summed E-state index contributed by atoms with van der Waals surface area (Å²) in [6.45, 7) is 6.28. The second kappa shape index (κ2) is 12.6. The average molecular weight is 593 g/mol. The Hall–Kier alpha value is -3.08. The Balaban J connectivity index is 2.28. The van der Waals surface area contributed by atoms with E-state index in [-0.39, 0.29) is 0 Å². The molecule has 1 saturated heterocycles. The van der Waals surface area contributed by atoms with Crippen LogP contribution in [0.4, 0.5) is 0 Å². The van der Waals surface area contributed by atoms with Crippen molar-refractivity contribution >= 4 is 19.8 Å². The number of carbonyl (C=O) groups is 2. The molecule has 0 unspecified atom stereocenters. The van der Waals surface area contributed by atoms with Gasteiger partial charge in [-0.15, -0.1) is 0 Å². The number of aliphatic hydroxyl groups excluding tert-OH is 2. The molecule has 1 fully saturated rings. The van der Waals surface area contributed by atoms with Gasteiger partial charge in [0.1, 0.15) is 12.2 Å². The Morgan fingerprint density at radius 2 is 1.62 bits per heavy atom. The number of esters is 2. The SMILES string of the molecule is CC(C)(C)C(=O)OCOP(=O)(OCOC(=O)C(C)(C)C)OC[C@@]1(N=[N+]=[N-])O[C@@H](n2ccc(=O)[nH]c2=O)[C@H](O)[C@@H]1O. The second-order valence-electron chi connectivity index (χ2n) is 10.6. The van der Waals surface area contributed by atoms with Crippen LogP contribution in [0, 0.1) is 10.8 Å². The normalized spacial score (nSPS) is 23.4. The molecule has 1 aromatic heterocycles. The fraction of sp³-hybridized carbons (Fsp3) is 0.714. The van der Waals surface area contributed by atoms with Gasteiger partial charge < -0.3 is 24.4 Å². The molecule has 3 N–H and O–H groups in total. The molecule has 1 aliphatic heterocycles. The first-order chi connectivity index (χ1) is 18.3. The topological polar surface area (TPSA) is 251 Å². The van der Waals surface area contributed by atoms with Crippen molar-refractivity contribution in [2.45, 2.75) is 65.7 Å². The molecule has 2 heterocycles. The molecule has 0 aliphatic carbocycles. The van der Waals surface area contributed by atoms with Crippen LogP contribution in [0.25, 0.3) is 10.4 Å². The van der Waals surface area contributed by atoms with Crippen molar-refractivity contribution < 1.29 is 52.1 Å². The number of azide groups is 1. The van der Waals surface area contributed by atoms with Gasteiger partial charge in [-0.1, -0.05) is 5.11 Å². The van der Waals surface area contributed by atoms with Crippen molar-refractivity contribution in [1.29, 1.82) is 0 Å². The van der Waals surface area contributed by atoms with Crippen LogP contribution in [0.5, 0.6) is 0 Å². The van der Waals surface area contributed by atoms with Gasteiger partial charge in [0.25, 0.3) is 5.56 Å². The molecule has 18 nitrogen and oxygen atoms in total. The molecule has 0 saturated carbocycles. The lowest BCUT2D eigenvalue weighted by atomic mass is 9.98. The van der Waals surface area contributed by atoms with Crippen LogP contribution >= 0.6 is 7.82 Å². The van der Waals surface area contributed by atoms with Crippen LogP contribution in [-0.2, 0) is 41.9 Å². The summed E-state index contributed by atoms with van der Waals surface area (Å²) < 4.78 is 44.5. The third-order valence-electron chi connectivity index (χ3n) is 5.20. The fourth-order valence-corrected chi connectivity index (χ4v) is 3.86. The number of phosphoric ester groups is 1. The summed E-state index contributed by atoms with van der Waals surface area (Å²) >= 11 is 0. The summed E-state index contributed by atoms with van der Waals surface area (Å²) in [7, 11) is -4.84. The Morgan fingerprint density at radius 3 is 2.08 bits per heavy atom. The van der Waals surface area contributed by atoms with Gasteiger partial charge in [-0.3, -0.25) is 28.5 Å². The number of nitrogens with one attached hydrogen (secondary N) is 1. The molecule has 4 atom stereocenters. The minimum atomic E-state index is -4.84. The summed E-state index contributed by atoms with van der Waals surface area (Å²) in [6, 6.07) is 0.932. The van der Waals surface area contributed by atoms with Crippen LogP contribution < -0.4 is 11.2 Å². The number of ether oxygens (including phenoxy) is 3. The molecule has 0 amide bonds. The van der Waals surface area contributed by atoms with Crippen LogP contribution in [0.2, 0.25) is 0 Å². The van der Waals surface area contributed by atoms with Gasteiger partial charge in [-0.25, -0.2) is 18.4 Å². The van der Waals surface area contributed by atoms with E-state index < -0.39 is 86.2 Å². The van der Waals surface area contributed by atoms with E-state index in [1.807, 2.05) is 4.98 Å². The molecule has 224 valence electrons. The van der Waals surface area contributed by atoms with Crippen molar-refractivity contribution in [3.63, 3.8) is 0 Å². The lowest BCUT2D eigenvalue weighted by Gasteiger charge is -2.28. The summed E-state index contributed by atoms with van der Waals surface area (Å²) in [6.07, 6.45) is -4.73. The predicted molar refractivity (Wildman–Crippen MR) is 132 cm³/mol. The minimum absolute atomic E-state index is 0.703. The van der Waals surface area contributed by atoms with Gasteiger partial charge in [0.2, 0.25) is 19.3 Å². The molecule has 2 rings (SSSR count). The third-order valence-corrected chi connectivity index (χ3v) is 6.49. The Bertz CT molecular complexity index is 1260. The molecule has 0 radical (unpaired) electrons. The smallest absolute Gasteiger partial charge is 0.437 e. The van der Waals surface area contributed by atoms with Crippen molar-refractivity contribution in [2.24, 2.45) is 15.9 Å². The maximum absolute atomic E-state index is 13.3. The highest BCUT2D eigenvalue weighted by Gasteiger charge is 2.56. The van der Waals surface area contributed by atoms with Crippen LogP contribution in [0.15, 0.2) is 27.0 Å². The predicted octanol–water partition coefficient (Wildman–Crippen LogP) is 1.05. The van der Waals surface area contributed by atoms with E-state index in [2.05, 4.69) is 10.0 Å². The summed E-state index contributed by atoms with van der Waals surface area (Å²) in [4.78, 5) is 52.1. The number of aromatic amines is 1. The summed E-state index contributed by atoms with van der Waals surface area (Å²) in [5.41, 5.74) is 2.90. The zero-order chi connectivity index (χ0) is 30.5. The van der Waals surface area contributed by atoms with E-state index in [0.717, 1.165) is 12.3 Å². The number of aliphatic hydroxyl groups is 2. The second-order valence-corrected chi connectivity index (χ2v) is 12.2. The maximum Gasteiger partial charge on any atom is 0.480 e. The van der Waals surface area contributed by atoms with Gasteiger partial charge >= 0.3 is 25.5 Å². The zero-order valence-corrected chi connectivity index (χ0v) is 23.5. The number of carbonyl (C=O) groups excluding carboxylic acids is 2.